The Kier molecular flexibility index (Phi) is 7.01. The van der Waals surface area contributed by atoms with Gasteiger partial charge in [-0.1, -0.05) is 18.2 Å². The molecule has 0 saturated heterocycles. The van der Waals surface area contributed by atoms with E-state index in [4.69, 9.17) is 21.7 Å². The zero-order valence-electron chi connectivity index (χ0n) is 14.6. The number of anilines is 1. The Morgan fingerprint density at radius 1 is 1.08 bits per heavy atom. The van der Waals surface area contributed by atoms with Crippen molar-refractivity contribution in [2.24, 2.45) is 0 Å². The van der Waals surface area contributed by atoms with Crippen molar-refractivity contribution in [2.75, 3.05) is 18.5 Å². The largest absolute Gasteiger partial charge is 0.490 e. The van der Waals surface area contributed by atoms with E-state index in [9.17, 15) is 4.39 Å². The molecule has 0 aromatic heterocycles. The summed E-state index contributed by atoms with van der Waals surface area (Å²) in [5.41, 5.74) is 1.33. The van der Waals surface area contributed by atoms with Crippen molar-refractivity contribution in [3.63, 3.8) is 0 Å². The molecule has 6 heteroatoms. The Morgan fingerprint density at radius 3 is 2.44 bits per heavy atom. The van der Waals surface area contributed by atoms with Gasteiger partial charge in [-0.3, -0.25) is 0 Å². The molecule has 2 aromatic carbocycles. The topological polar surface area (TPSA) is 42.5 Å². The molecule has 134 valence electrons. The van der Waals surface area contributed by atoms with Crippen LogP contribution in [0.15, 0.2) is 42.5 Å². The number of hydrogen-bond donors (Lipinski definition) is 2. The van der Waals surface area contributed by atoms with E-state index in [1.165, 1.54) is 6.07 Å². The van der Waals surface area contributed by atoms with E-state index in [-0.39, 0.29) is 11.9 Å². The number of thiocarbonyl (C=S) groups is 1. The van der Waals surface area contributed by atoms with Crippen LogP contribution in [0.2, 0.25) is 0 Å². The second kappa shape index (κ2) is 9.22. The average Bonchev–Trinajstić information content (AvgIpc) is 2.59. The van der Waals surface area contributed by atoms with Gasteiger partial charge in [-0.15, -0.1) is 0 Å². The van der Waals surface area contributed by atoms with Gasteiger partial charge in [-0.05, 0) is 62.8 Å². The van der Waals surface area contributed by atoms with E-state index < -0.39 is 0 Å². The number of rotatable bonds is 7. The van der Waals surface area contributed by atoms with Crippen molar-refractivity contribution >= 4 is 23.0 Å². The van der Waals surface area contributed by atoms with Crippen LogP contribution in [-0.2, 0) is 0 Å². The predicted molar refractivity (Wildman–Crippen MR) is 103 cm³/mol. The number of ether oxygens (including phenoxy) is 2. The summed E-state index contributed by atoms with van der Waals surface area (Å²) in [6.07, 6.45) is 0. The number of hydrogen-bond acceptors (Lipinski definition) is 3. The maximum absolute atomic E-state index is 13.7. The highest BCUT2D eigenvalue weighted by molar-refractivity contribution is 7.80. The lowest BCUT2D eigenvalue weighted by Gasteiger charge is -2.19. The van der Waals surface area contributed by atoms with Gasteiger partial charge in [-0.25, -0.2) is 4.39 Å². The van der Waals surface area contributed by atoms with Gasteiger partial charge in [0, 0.05) is 0 Å². The molecule has 1 atom stereocenters. The van der Waals surface area contributed by atoms with Crippen molar-refractivity contribution in [1.82, 2.24) is 5.32 Å². The van der Waals surface area contributed by atoms with Crippen molar-refractivity contribution in [1.29, 1.82) is 0 Å². The van der Waals surface area contributed by atoms with Crippen LogP contribution in [0.25, 0.3) is 0 Å². The van der Waals surface area contributed by atoms with Crippen LogP contribution in [0.1, 0.15) is 32.4 Å². The molecule has 0 aliphatic heterocycles. The lowest BCUT2D eigenvalue weighted by Crippen LogP contribution is -2.31. The Morgan fingerprint density at radius 2 is 1.76 bits per heavy atom. The minimum absolute atomic E-state index is 0.0818. The van der Waals surface area contributed by atoms with Gasteiger partial charge in [-0.2, -0.15) is 0 Å². The Hall–Kier alpha value is -2.34. The van der Waals surface area contributed by atoms with E-state index >= 15 is 0 Å². The Balaban J connectivity index is 2.06. The smallest absolute Gasteiger partial charge is 0.171 e. The summed E-state index contributed by atoms with van der Waals surface area (Å²) in [5.74, 6) is 1.06. The number of benzene rings is 2. The third kappa shape index (κ3) is 5.32. The molecule has 0 amide bonds. The van der Waals surface area contributed by atoms with E-state index in [2.05, 4.69) is 10.6 Å². The molecule has 0 aliphatic carbocycles. The molecule has 0 spiro atoms. The standard InChI is InChI=1S/C19H23FN2O2S/c1-4-23-17-11-10-14(12-18(17)24-5-2)13(3)21-19(25)22-16-9-7-6-8-15(16)20/h6-13H,4-5H2,1-3H3,(H2,21,22,25)/t13-/m0/s1. The van der Waals surface area contributed by atoms with Crippen LogP contribution >= 0.6 is 12.2 Å². The number of halogens is 1. The molecule has 2 aromatic rings. The summed E-state index contributed by atoms with van der Waals surface area (Å²) in [7, 11) is 0. The maximum Gasteiger partial charge on any atom is 0.171 e. The molecule has 0 unspecified atom stereocenters. The van der Waals surface area contributed by atoms with Gasteiger partial charge in [0.2, 0.25) is 0 Å². The Bertz CT molecular complexity index is 724. The minimum atomic E-state index is -0.348. The molecule has 25 heavy (non-hydrogen) atoms. The molecule has 4 nitrogen and oxygen atoms in total. The van der Waals surface area contributed by atoms with Crippen molar-refractivity contribution in [3.8, 4) is 11.5 Å². The lowest BCUT2D eigenvalue weighted by atomic mass is 10.1. The van der Waals surface area contributed by atoms with Crippen LogP contribution in [-0.4, -0.2) is 18.3 Å². The highest BCUT2D eigenvalue weighted by Gasteiger charge is 2.12. The Labute approximate surface area is 153 Å². The number of nitrogens with one attached hydrogen (secondary N) is 2. The van der Waals surface area contributed by atoms with Crippen LogP contribution in [0.5, 0.6) is 11.5 Å². The van der Waals surface area contributed by atoms with Gasteiger partial charge in [0.15, 0.2) is 16.6 Å². The first-order valence-electron chi connectivity index (χ1n) is 8.26. The SMILES string of the molecule is CCOc1ccc([C@H](C)NC(=S)Nc2ccccc2F)cc1OCC. The van der Waals surface area contributed by atoms with E-state index in [0.29, 0.717) is 35.5 Å². The first kappa shape index (κ1) is 19.0. The fourth-order valence-electron chi connectivity index (χ4n) is 2.34. The molecular weight excluding hydrogens is 339 g/mol. The normalized spacial score (nSPS) is 11.5. The summed E-state index contributed by atoms with van der Waals surface area (Å²) < 4.78 is 24.9. The fraction of sp³-hybridized carbons (Fsp3) is 0.316. The lowest BCUT2D eigenvalue weighted by molar-refractivity contribution is 0.287. The highest BCUT2D eigenvalue weighted by Crippen LogP contribution is 2.30. The monoisotopic (exact) mass is 362 g/mol. The average molecular weight is 362 g/mol. The van der Waals surface area contributed by atoms with Crippen LogP contribution < -0.4 is 20.1 Å². The second-order valence-electron chi connectivity index (χ2n) is 5.37. The van der Waals surface area contributed by atoms with E-state index in [0.717, 1.165) is 5.56 Å². The predicted octanol–water partition coefficient (Wildman–Crippen LogP) is 4.67. The zero-order valence-corrected chi connectivity index (χ0v) is 15.5. The molecule has 0 fully saturated rings. The first-order valence-corrected chi connectivity index (χ1v) is 8.67. The first-order chi connectivity index (χ1) is 12.0. The fourth-order valence-corrected chi connectivity index (χ4v) is 2.62. The maximum atomic E-state index is 13.7. The minimum Gasteiger partial charge on any atom is -0.490 e. The van der Waals surface area contributed by atoms with Gasteiger partial charge >= 0.3 is 0 Å². The van der Waals surface area contributed by atoms with Crippen LogP contribution in [0, 0.1) is 5.82 Å². The van der Waals surface area contributed by atoms with Crippen molar-refractivity contribution in [3.05, 3.63) is 53.8 Å². The highest BCUT2D eigenvalue weighted by atomic mass is 32.1. The second-order valence-corrected chi connectivity index (χ2v) is 5.78. The molecule has 2 rings (SSSR count). The van der Waals surface area contributed by atoms with Crippen molar-refractivity contribution in [2.45, 2.75) is 26.8 Å². The molecule has 0 bridgehead atoms. The summed E-state index contributed by atoms with van der Waals surface area (Å²) in [4.78, 5) is 0. The summed E-state index contributed by atoms with van der Waals surface area (Å²) in [5, 5.41) is 6.37. The van der Waals surface area contributed by atoms with Gasteiger partial charge < -0.3 is 20.1 Å². The van der Waals surface area contributed by atoms with E-state index in [1.54, 1.807) is 18.2 Å². The van der Waals surface area contributed by atoms with Crippen LogP contribution in [0.4, 0.5) is 10.1 Å². The molecule has 0 radical (unpaired) electrons. The van der Waals surface area contributed by atoms with Crippen molar-refractivity contribution < 1.29 is 13.9 Å². The zero-order chi connectivity index (χ0) is 18.2. The quantitative estimate of drug-likeness (QED) is 0.701. The molecule has 2 N–H and O–H groups in total. The van der Waals surface area contributed by atoms with E-state index in [1.807, 2.05) is 39.0 Å². The molecule has 0 aliphatic rings. The number of para-hydroxylation sites is 1. The van der Waals surface area contributed by atoms with Gasteiger partial charge in [0.25, 0.3) is 0 Å². The molecule has 0 heterocycles. The summed E-state index contributed by atoms with van der Waals surface area (Å²) >= 11 is 5.28. The summed E-state index contributed by atoms with van der Waals surface area (Å²) in [6, 6.07) is 12.1. The van der Waals surface area contributed by atoms with Crippen LogP contribution in [0.3, 0.4) is 0 Å². The third-order valence-corrected chi connectivity index (χ3v) is 3.76. The van der Waals surface area contributed by atoms with Gasteiger partial charge in [0.05, 0.1) is 24.9 Å². The molecule has 0 saturated carbocycles. The third-order valence-electron chi connectivity index (χ3n) is 3.54. The summed E-state index contributed by atoms with van der Waals surface area (Å²) in [6.45, 7) is 6.96. The molecular formula is C19H23FN2O2S. The van der Waals surface area contributed by atoms with Gasteiger partial charge in [0.1, 0.15) is 5.82 Å².